The topological polar surface area (TPSA) is 94.7 Å². The maximum Gasteiger partial charge on any atom is 0.165 e. The van der Waals surface area contributed by atoms with Gasteiger partial charge in [-0.25, -0.2) is 9.07 Å². The summed E-state index contributed by atoms with van der Waals surface area (Å²) < 4.78 is 18.4. The monoisotopic (exact) mass is 584 g/mol. The van der Waals surface area contributed by atoms with Crippen molar-refractivity contribution in [3.8, 4) is 17.3 Å². The van der Waals surface area contributed by atoms with Gasteiger partial charge in [0, 0.05) is 60.4 Å². The number of fused-ring (bicyclic) bond motifs is 2. The SMILES string of the molecule is N#Cc1cnc2ccc(N(Cl)c3cc(Cl)c(F)c(NCc4ccc(-c5cn(C6[C@@H]7CNC[C@@H]67)nn5)cc4)c3)cc2c1. The number of anilines is 3. The average Bonchev–Trinajstić information content (AvgIpc) is 3.34. The van der Waals surface area contributed by atoms with Gasteiger partial charge in [-0.3, -0.25) is 9.40 Å². The van der Waals surface area contributed by atoms with Gasteiger partial charge in [-0.05, 0) is 42.0 Å². The Morgan fingerprint density at radius 3 is 2.66 bits per heavy atom. The number of hydrogen-bond donors (Lipinski definition) is 2. The molecule has 0 amide bonds. The molecular weight excluding hydrogens is 562 g/mol. The van der Waals surface area contributed by atoms with Crippen molar-refractivity contribution in [2.24, 2.45) is 11.8 Å². The molecule has 1 aliphatic carbocycles. The summed E-state index contributed by atoms with van der Waals surface area (Å²) in [6.45, 7) is 2.48. The van der Waals surface area contributed by atoms with Crippen LogP contribution < -0.4 is 15.1 Å². The van der Waals surface area contributed by atoms with Gasteiger partial charge in [0.25, 0.3) is 0 Å². The van der Waals surface area contributed by atoms with Crippen LogP contribution in [0, 0.1) is 29.0 Å². The van der Waals surface area contributed by atoms with Crippen LogP contribution in [0.5, 0.6) is 0 Å². The highest BCUT2D eigenvalue weighted by molar-refractivity contribution is 6.33. The zero-order chi connectivity index (χ0) is 28.1. The third-order valence-corrected chi connectivity index (χ3v) is 8.52. The van der Waals surface area contributed by atoms with E-state index >= 15 is 0 Å². The van der Waals surface area contributed by atoms with Crippen LogP contribution >= 0.6 is 23.4 Å². The number of nitrogens with zero attached hydrogens (tertiary/aromatic N) is 6. The van der Waals surface area contributed by atoms with Crippen molar-refractivity contribution in [3.63, 3.8) is 0 Å². The Hall–Kier alpha value is -4.23. The van der Waals surface area contributed by atoms with Crippen LogP contribution in [0.25, 0.3) is 22.2 Å². The first kappa shape index (κ1) is 25.7. The highest BCUT2D eigenvalue weighted by Crippen LogP contribution is 2.52. The van der Waals surface area contributed by atoms with E-state index in [2.05, 4.69) is 32.0 Å². The number of pyridine rings is 1. The number of piperidine rings is 1. The number of rotatable bonds is 7. The van der Waals surface area contributed by atoms with E-state index in [1.165, 1.54) is 16.7 Å². The van der Waals surface area contributed by atoms with E-state index in [0.29, 0.717) is 41.4 Å². The molecule has 2 aliphatic rings. The zero-order valence-corrected chi connectivity index (χ0v) is 23.1. The molecule has 7 rings (SSSR count). The highest BCUT2D eigenvalue weighted by Gasteiger charge is 2.54. The normalized spacial score (nSPS) is 19.1. The van der Waals surface area contributed by atoms with E-state index in [9.17, 15) is 9.65 Å². The smallest absolute Gasteiger partial charge is 0.165 e. The third kappa shape index (κ3) is 4.84. The van der Waals surface area contributed by atoms with Crippen LogP contribution in [0.15, 0.2) is 73.1 Å². The fourth-order valence-electron chi connectivity index (χ4n) is 5.59. The summed E-state index contributed by atoms with van der Waals surface area (Å²) in [4.78, 5) is 4.29. The van der Waals surface area contributed by atoms with Gasteiger partial charge in [0.15, 0.2) is 5.82 Å². The molecule has 1 aliphatic heterocycles. The summed E-state index contributed by atoms with van der Waals surface area (Å²) in [6, 6.07) is 20.7. The fraction of sp³-hybridized carbons (Fsp3) is 0.200. The molecule has 2 atom stereocenters. The Morgan fingerprint density at radius 2 is 1.88 bits per heavy atom. The molecule has 8 nitrogen and oxygen atoms in total. The Bertz CT molecular complexity index is 1810. The molecule has 11 heteroatoms. The van der Waals surface area contributed by atoms with Gasteiger partial charge in [0.2, 0.25) is 0 Å². The molecule has 3 aromatic carbocycles. The van der Waals surface area contributed by atoms with E-state index < -0.39 is 5.82 Å². The lowest BCUT2D eigenvalue weighted by molar-refractivity contribution is 0.509. The van der Waals surface area contributed by atoms with E-state index in [1.807, 2.05) is 47.3 Å². The minimum Gasteiger partial charge on any atom is -0.378 e. The maximum atomic E-state index is 15.0. The van der Waals surface area contributed by atoms with Gasteiger partial charge in [-0.1, -0.05) is 41.1 Å². The summed E-state index contributed by atoms with van der Waals surface area (Å²) in [6.07, 6.45) is 3.54. The first-order valence-electron chi connectivity index (χ1n) is 13.2. The van der Waals surface area contributed by atoms with Gasteiger partial charge in [-0.2, -0.15) is 5.26 Å². The molecule has 2 fully saturated rings. The van der Waals surface area contributed by atoms with Crippen LogP contribution in [0.4, 0.5) is 21.5 Å². The quantitative estimate of drug-likeness (QED) is 0.212. The van der Waals surface area contributed by atoms with Gasteiger partial charge < -0.3 is 10.6 Å². The Labute approximate surface area is 245 Å². The molecule has 41 heavy (non-hydrogen) atoms. The Balaban J connectivity index is 1.06. The molecule has 1 saturated carbocycles. The first-order valence-corrected chi connectivity index (χ1v) is 13.9. The summed E-state index contributed by atoms with van der Waals surface area (Å²) in [5, 5.41) is 25.2. The molecule has 0 unspecified atom stereocenters. The fourth-order valence-corrected chi connectivity index (χ4v) is 6.01. The van der Waals surface area contributed by atoms with Gasteiger partial charge >= 0.3 is 0 Å². The first-order chi connectivity index (χ1) is 20.0. The number of halogens is 3. The standard InChI is InChI=1S/C30H23Cl2FN8/c31-25-9-22(41(32)21-5-6-26-20(8-21)7-18(11-34)13-36-26)10-27(29(25)33)37-12-17-1-3-19(4-2-17)28-16-40(39-38-28)30-23-14-35-15-24(23)30/h1-10,13,16,23-24,30,35,37H,12,14-15H2/t23-,24-/m1/s1. The number of benzene rings is 3. The number of nitrogens with one attached hydrogen (secondary N) is 2. The van der Waals surface area contributed by atoms with E-state index in [1.54, 1.807) is 18.2 Å². The maximum absolute atomic E-state index is 15.0. The minimum absolute atomic E-state index is 0.0566. The van der Waals surface area contributed by atoms with Crippen LogP contribution in [-0.4, -0.2) is 33.1 Å². The van der Waals surface area contributed by atoms with E-state index in [0.717, 1.165) is 40.8 Å². The highest BCUT2D eigenvalue weighted by atomic mass is 35.5. The summed E-state index contributed by atoms with van der Waals surface area (Å²) in [5.41, 5.74) is 5.29. The largest absolute Gasteiger partial charge is 0.378 e. The zero-order valence-electron chi connectivity index (χ0n) is 21.6. The van der Waals surface area contributed by atoms with Crippen molar-refractivity contribution in [1.82, 2.24) is 25.3 Å². The van der Waals surface area contributed by atoms with Crippen LogP contribution in [0.3, 0.4) is 0 Å². The number of hydrogen-bond acceptors (Lipinski definition) is 7. The van der Waals surface area contributed by atoms with Crippen LogP contribution in [-0.2, 0) is 6.54 Å². The van der Waals surface area contributed by atoms with Crippen molar-refractivity contribution < 1.29 is 4.39 Å². The molecule has 0 spiro atoms. The van der Waals surface area contributed by atoms with Crippen LogP contribution in [0.1, 0.15) is 17.2 Å². The predicted molar refractivity (Wildman–Crippen MR) is 158 cm³/mol. The summed E-state index contributed by atoms with van der Waals surface area (Å²) in [7, 11) is 0. The molecule has 0 bridgehead atoms. The molecule has 2 aromatic heterocycles. The molecule has 2 N–H and O–H groups in total. The second-order valence-corrected chi connectivity index (χ2v) is 11.1. The molecular formula is C30H23Cl2FN8. The lowest BCUT2D eigenvalue weighted by Crippen LogP contribution is -2.16. The molecule has 3 heterocycles. The molecule has 5 aromatic rings. The van der Waals surface area contributed by atoms with E-state index in [4.69, 9.17) is 23.4 Å². The lowest BCUT2D eigenvalue weighted by Gasteiger charge is -2.19. The van der Waals surface area contributed by atoms with Crippen molar-refractivity contribution in [2.75, 3.05) is 22.8 Å². The van der Waals surface area contributed by atoms with E-state index in [-0.39, 0.29) is 10.7 Å². The molecule has 0 radical (unpaired) electrons. The third-order valence-electron chi connectivity index (χ3n) is 7.86. The van der Waals surface area contributed by atoms with Crippen molar-refractivity contribution >= 4 is 51.3 Å². The van der Waals surface area contributed by atoms with Crippen molar-refractivity contribution in [2.45, 2.75) is 12.6 Å². The van der Waals surface area contributed by atoms with Crippen molar-refractivity contribution in [1.29, 1.82) is 5.26 Å². The van der Waals surface area contributed by atoms with Gasteiger partial charge in [-0.15, -0.1) is 5.10 Å². The average molecular weight is 585 g/mol. The second kappa shape index (κ2) is 10.3. The Morgan fingerprint density at radius 1 is 1.07 bits per heavy atom. The minimum atomic E-state index is -0.560. The number of aromatic nitrogens is 4. The van der Waals surface area contributed by atoms with Crippen molar-refractivity contribution in [3.05, 3.63) is 95.0 Å². The van der Waals surface area contributed by atoms with Crippen LogP contribution in [0.2, 0.25) is 5.02 Å². The van der Waals surface area contributed by atoms with Gasteiger partial charge in [0.1, 0.15) is 11.8 Å². The van der Waals surface area contributed by atoms with Gasteiger partial charge in [0.05, 0.1) is 45.4 Å². The molecule has 204 valence electrons. The second-order valence-electron chi connectivity index (χ2n) is 10.4. The number of nitriles is 1. The molecule has 1 saturated heterocycles. The summed E-state index contributed by atoms with van der Waals surface area (Å²) in [5.74, 6) is 0.771. The Kier molecular flexibility index (Phi) is 6.47. The summed E-state index contributed by atoms with van der Waals surface area (Å²) >= 11 is 12.9. The lowest BCUT2D eigenvalue weighted by atomic mass is 10.1. The predicted octanol–water partition coefficient (Wildman–Crippen LogP) is 6.45.